The number of hydrogen-bond acceptors (Lipinski definition) is 30. The van der Waals surface area contributed by atoms with Crippen LogP contribution in [0.3, 0.4) is 0 Å². The van der Waals surface area contributed by atoms with Gasteiger partial charge in [0, 0.05) is 91.3 Å². The molecule has 40 heteroatoms. The number of nitrogens with two attached hydrogens (primary N) is 7. The largest absolute Gasteiger partial charge is 0.453 e. The number of amides is 2. The lowest BCUT2D eigenvalue weighted by molar-refractivity contribution is 0.123. The topological polar surface area (TPSA) is 501 Å². The molecule has 0 radical (unpaired) electrons. The SMILES string of the molecule is COC(=O)N(C)c1c(N)nc(-c2nn(Cc3ccccc3F)c3ncccc23)nc1N.COC(=O)Nc1c(N)nc(-c2nn(Cc3ccccc3F)c3ncccc23)nc1N.Nc1nc(-c2nn(Cc3ccccc3F)c3ncccc23)nc(N)c1N1CCOCC1.Nc1nc(-c2nn(Cc3ccccc3F)c3ncccc23)ncc1-c1ccncc1. The molecule has 122 heavy (non-hydrogen) atoms. The van der Waals surface area contributed by atoms with Crippen LogP contribution in [0.1, 0.15) is 22.3 Å². The van der Waals surface area contributed by atoms with Gasteiger partial charge in [-0.1, -0.05) is 72.8 Å². The van der Waals surface area contributed by atoms with E-state index in [4.69, 9.17) is 44.9 Å². The molecular formula is C82H73F4N31O5. The number of halogens is 4. The number of nitrogens with one attached hydrogen (secondary N) is 1. The summed E-state index contributed by atoms with van der Waals surface area (Å²) in [6, 6.07) is 44.2. The van der Waals surface area contributed by atoms with E-state index < -0.39 is 12.2 Å². The molecule has 17 aromatic rings. The van der Waals surface area contributed by atoms with Crippen molar-refractivity contribution in [2.45, 2.75) is 26.2 Å². The van der Waals surface area contributed by atoms with Crippen LogP contribution in [-0.4, -0.2) is 164 Å². The van der Waals surface area contributed by atoms with Gasteiger partial charge >= 0.3 is 12.2 Å². The third kappa shape index (κ3) is 17.0. The summed E-state index contributed by atoms with van der Waals surface area (Å²) in [5.41, 5.74) is 51.2. The summed E-state index contributed by atoms with van der Waals surface area (Å²) in [6.07, 6.45) is 10.2. The summed E-state index contributed by atoms with van der Waals surface area (Å²) in [5, 5.41) is 23.5. The number of pyridine rings is 5. The third-order valence-electron chi connectivity index (χ3n) is 19.2. The van der Waals surface area contributed by atoms with Gasteiger partial charge in [-0.25, -0.2) is 106 Å². The van der Waals surface area contributed by atoms with E-state index in [0.29, 0.717) is 128 Å². The monoisotopic (exact) mass is 1650 g/mol. The number of nitrogens with zero attached hydrogens (tertiary/aromatic N) is 23. The summed E-state index contributed by atoms with van der Waals surface area (Å²) in [6.45, 7) is 3.31. The zero-order valence-electron chi connectivity index (χ0n) is 65.1. The van der Waals surface area contributed by atoms with Gasteiger partial charge in [0.2, 0.25) is 0 Å². The Kier molecular flexibility index (Phi) is 23.5. The van der Waals surface area contributed by atoms with Crippen molar-refractivity contribution in [3.63, 3.8) is 0 Å². The number of morpholine rings is 1. The van der Waals surface area contributed by atoms with Gasteiger partial charge in [-0.2, -0.15) is 20.4 Å². The van der Waals surface area contributed by atoms with Gasteiger partial charge in [0.05, 0.1) is 75.2 Å². The van der Waals surface area contributed by atoms with E-state index in [1.165, 1.54) is 45.5 Å². The Labute approximate surface area is 689 Å². The van der Waals surface area contributed by atoms with Gasteiger partial charge < -0.3 is 59.2 Å². The van der Waals surface area contributed by atoms with Crippen LogP contribution >= 0.6 is 0 Å². The first-order chi connectivity index (χ1) is 59.2. The molecule has 4 aromatic carbocycles. The lowest BCUT2D eigenvalue weighted by Gasteiger charge is -2.29. The zero-order valence-corrected chi connectivity index (χ0v) is 65.1. The lowest BCUT2D eigenvalue weighted by atomic mass is 10.1. The fourth-order valence-corrected chi connectivity index (χ4v) is 13.3. The van der Waals surface area contributed by atoms with Gasteiger partial charge in [-0.05, 0) is 90.5 Å². The molecule has 1 fully saturated rings. The first-order valence-electron chi connectivity index (χ1n) is 37.2. The highest BCUT2D eigenvalue weighted by molar-refractivity contribution is 5.98. The summed E-state index contributed by atoms with van der Waals surface area (Å²) >= 11 is 0. The lowest BCUT2D eigenvalue weighted by Crippen LogP contribution is -2.37. The number of fused-ring (bicyclic) bond motifs is 4. The molecule has 0 saturated carbocycles. The second kappa shape index (κ2) is 35.5. The molecule has 15 N–H and O–H groups in total. The van der Waals surface area contributed by atoms with Crippen molar-refractivity contribution >= 4 is 114 Å². The molecule has 1 aliphatic heterocycles. The van der Waals surface area contributed by atoms with Crippen LogP contribution in [0.5, 0.6) is 0 Å². The molecule has 1 aliphatic rings. The minimum Gasteiger partial charge on any atom is -0.453 e. The van der Waals surface area contributed by atoms with Crippen LogP contribution in [0.4, 0.5) is 84.9 Å². The van der Waals surface area contributed by atoms with Gasteiger partial charge in [0.1, 0.15) is 68.9 Å². The van der Waals surface area contributed by atoms with E-state index in [9.17, 15) is 27.2 Å². The van der Waals surface area contributed by atoms with Crippen molar-refractivity contribution in [2.75, 3.05) is 103 Å². The van der Waals surface area contributed by atoms with Crippen LogP contribution < -0.4 is 55.3 Å². The van der Waals surface area contributed by atoms with Crippen LogP contribution in [0.25, 0.3) is 101 Å². The van der Waals surface area contributed by atoms with E-state index in [2.05, 4.69) is 100.0 Å². The van der Waals surface area contributed by atoms with Crippen LogP contribution in [0.2, 0.25) is 0 Å². The summed E-state index contributed by atoms with van der Waals surface area (Å²) in [7, 11) is 3.89. The summed E-state index contributed by atoms with van der Waals surface area (Å²) < 4.78 is 77.7. The number of ether oxygens (including phenoxy) is 3. The molecule has 0 aliphatic carbocycles. The molecule has 0 bridgehead atoms. The Morgan fingerprint density at radius 2 is 0.762 bits per heavy atom. The quantitative estimate of drug-likeness (QED) is 0.0417. The van der Waals surface area contributed by atoms with Crippen LogP contribution in [0, 0.1) is 23.3 Å². The second-order valence-corrected chi connectivity index (χ2v) is 26.9. The number of carbonyl (C=O) groups excluding carboxylic acids is 2. The van der Waals surface area contributed by atoms with Gasteiger partial charge in [-0.15, -0.1) is 0 Å². The maximum Gasteiger partial charge on any atom is 0.413 e. The van der Waals surface area contributed by atoms with Crippen molar-refractivity contribution in [3.8, 4) is 57.2 Å². The number of aromatic nitrogens is 21. The highest BCUT2D eigenvalue weighted by Crippen LogP contribution is 2.37. The van der Waals surface area contributed by atoms with E-state index >= 15 is 0 Å². The molecule has 14 heterocycles. The molecule has 13 aromatic heterocycles. The predicted octanol–water partition coefficient (Wildman–Crippen LogP) is 10.7. The molecular weight excluding hydrogens is 1580 g/mol. The Balaban J connectivity index is 0.000000126. The molecule has 36 nitrogen and oxygen atoms in total. The fraction of sp³-hybridized carbons (Fsp3) is 0.134. The maximum atomic E-state index is 14.2. The third-order valence-corrected chi connectivity index (χ3v) is 19.2. The zero-order chi connectivity index (χ0) is 85.2. The Morgan fingerprint density at radius 1 is 0.418 bits per heavy atom. The predicted molar refractivity (Wildman–Crippen MR) is 450 cm³/mol. The molecule has 1 saturated heterocycles. The Hall–Kier alpha value is -16.6. The minimum absolute atomic E-state index is 0.0175. The average Bonchev–Trinajstić information content (AvgIpc) is 1.63. The fourth-order valence-electron chi connectivity index (χ4n) is 13.3. The van der Waals surface area contributed by atoms with Gasteiger partial charge in [0.25, 0.3) is 0 Å². The smallest absolute Gasteiger partial charge is 0.413 e. The first-order valence-corrected chi connectivity index (χ1v) is 37.2. The molecule has 0 atom stereocenters. The minimum atomic E-state index is -0.756. The normalized spacial score (nSPS) is 11.8. The van der Waals surface area contributed by atoms with Crippen molar-refractivity contribution in [2.24, 2.45) is 0 Å². The van der Waals surface area contributed by atoms with E-state index in [1.807, 2.05) is 35.2 Å². The van der Waals surface area contributed by atoms with Crippen LogP contribution in [0.15, 0.2) is 201 Å². The number of hydrogen-bond donors (Lipinski definition) is 8. The number of anilines is 10. The number of methoxy groups -OCH3 is 2. The second-order valence-electron chi connectivity index (χ2n) is 26.9. The maximum absolute atomic E-state index is 14.2. The molecule has 18 rings (SSSR count). The standard InChI is InChI=1S/C22H16FN7.C21H21FN8O.C20H19FN8O2.C19H17FN8O2/c23-18-6-2-1-4-15(18)13-30-22-16(5-3-9-26-22)19(29-30)21-27-12-17(20(24)28-21)14-7-10-25-11-8-14;22-15-6-2-1-4-13(15)12-30-21-14(5-3-7-25-21)16(28-30)20-26-18(23)17(19(24)27-20)29-8-10-31-11-9-29;1-28(20(30)31-2)15-16(22)25-18(26-17(15)23)14-12-7-5-9-24-19(12)29(27-14)10-11-6-3-4-8-13(11)21;1-30-19(29)24-14-15(21)25-17(26-16(14)22)13-11-6-4-8-23-18(11)28(27-13)9-10-5-2-3-7-12(10)20/h1-12H,13H2,(H2,24,27,28);1-7H,8-12H2,(H4,23,24,26,27);3-9H,10H2,1-2H3,(H4,22,23,25,26);2-8H,9H2,1H3,(H,24,29)(H4,21,22,25,26). The van der Waals surface area contributed by atoms with Crippen molar-refractivity contribution in [3.05, 3.63) is 247 Å². The molecule has 2 amide bonds. The number of rotatable bonds is 16. The molecule has 614 valence electrons. The summed E-state index contributed by atoms with van der Waals surface area (Å²) in [5.74, 6) is 0.469. The first kappa shape index (κ1) is 80.6. The van der Waals surface area contributed by atoms with Crippen LogP contribution in [-0.2, 0) is 40.4 Å². The van der Waals surface area contributed by atoms with E-state index in [1.54, 1.807) is 165 Å². The van der Waals surface area contributed by atoms with E-state index in [0.717, 1.165) is 26.8 Å². The molecule has 0 spiro atoms. The number of carbonyl (C=O) groups is 2. The van der Waals surface area contributed by atoms with Gasteiger partial charge in [0.15, 0.2) is 80.8 Å². The van der Waals surface area contributed by atoms with Gasteiger partial charge in [-0.3, -0.25) is 15.2 Å². The van der Waals surface area contributed by atoms with Crippen molar-refractivity contribution < 1.29 is 41.4 Å². The highest BCUT2D eigenvalue weighted by atomic mass is 19.1. The number of nitrogen functional groups attached to an aromatic ring is 7. The average molecular weight is 1650 g/mol. The van der Waals surface area contributed by atoms with Crippen molar-refractivity contribution in [1.82, 2.24) is 104 Å². The Morgan fingerprint density at radius 3 is 1.11 bits per heavy atom. The summed E-state index contributed by atoms with van der Waals surface area (Å²) in [4.78, 5) is 83.0. The van der Waals surface area contributed by atoms with E-state index in [-0.39, 0.29) is 107 Å². The number of benzene rings is 4. The highest BCUT2D eigenvalue weighted by Gasteiger charge is 2.28. The molecule has 0 unspecified atom stereocenters. The Bertz CT molecular complexity index is 6680. The van der Waals surface area contributed by atoms with Crippen molar-refractivity contribution in [1.29, 1.82) is 0 Å².